The Bertz CT molecular complexity index is 726. The maximum absolute atomic E-state index is 13.3. The van der Waals surface area contributed by atoms with Gasteiger partial charge in [-0.1, -0.05) is 18.2 Å². The van der Waals surface area contributed by atoms with Gasteiger partial charge >= 0.3 is 6.18 Å². The molecule has 2 heterocycles. The molecule has 0 aliphatic carbocycles. The number of carbonyl (C=O) groups excluding carboxylic acids is 1. The summed E-state index contributed by atoms with van der Waals surface area (Å²) in [6.45, 7) is 2.90. The van der Waals surface area contributed by atoms with E-state index in [1.54, 1.807) is 24.3 Å². The normalized spacial score (nSPS) is 16.4. The highest BCUT2D eigenvalue weighted by atomic mass is 19.4. The van der Waals surface area contributed by atoms with Crippen LogP contribution in [0, 0.1) is 0 Å². The topological polar surface area (TPSA) is 45.2 Å². The van der Waals surface area contributed by atoms with Crippen molar-refractivity contribution in [2.24, 2.45) is 0 Å². The summed E-state index contributed by atoms with van der Waals surface area (Å²) in [5.74, 6) is -0.772. The summed E-state index contributed by atoms with van der Waals surface area (Å²) >= 11 is 0. The summed E-state index contributed by atoms with van der Waals surface area (Å²) < 4.78 is 39.9. The number of hydrogen-bond acceptors (Lipinski definition) is 3. The zero-order chi connectivity index (χ0) is 18.6. The minimum absolute atomic E-state index is 0.195. The zero-order valence-corrected chi connectivity index (χ0v) is 14.2. The van der Waals surface area contributed by atoms with E-state index >= 15 is 0 Å². The molecule has 3 rings (SSSR count). The molecule has 1 aromatic heterocycles. The predicted molar refractivity (Wildman–Crippen MR) is 91.5 cm³/mol. The fourth-order valence-corrected chi connectivity index (χ4v) is 3.05. The van der Waals surface area contributed by atoms with Crippen molar-refractivity contribution in [3.63, 3.8) is 0 Å². The number of amides is 1. The van der Waals surface area contributed by atoms with Crippen LogP contribution in [0.5, 0.6) is 0 Å². The highest BCUT2D eigenvalue weighted by molar-refractivity contribution is 5.94. The second-order valence-corrected chi connectivity index (χ2v) is 6.38. The van der Waals surface area contributed by atoms with E-state index in [0.717, 1.165) is 25.2 Å². The van der Waals surface area contributed by atoms with Crippen molar-refractivity contribution in [2.75, 3.05) is 13.1 Å². The lowest BCUT2D eigenvalue weighted by molar-refractivity contribution is -0.156. The van der Waals surface area contributed by atoms with Crippen LogP contribution >= 0.6 is 0 Å². The van der Waals surface area contributed by atoms with Gasteiger partial charge in [0.05, 0.1) is 5.69 Å². The summed E-state index contributed by atoms with van der Waals surface area (Å²) in [5, 5.41) is 2.05. The summed E-state index contributed by atoms with van der Waals surface area (Å²) in [5.41, 5.74) is 1.000. The smallest absolute Gasteiger partial charge is 0.335 e. The molecule has 1 aliphatic rings. The van der Waals surface area contributed by atoms with E-state index in [4.69, 9.17) is 0 Å². The molecule has 2 aromatic rings. The van der Waals surface area contributed by atoms with Crippen LogP contribution in [0.3, 0.4) is 0 Å². The highest BCUT2D eigenvalue weighted by Gasteiger charge is 2.42. The predicted octanol–water partition coefficient (Wildman–Crippen LogP) is 3.71. The third kappa shape index (κ3) is 4.60. The van der Waals surface area contributed by atoms with E-state index in [0.29, 0.717) is 0 Å². The van der Waals surface area contributed by atoms with Crippen LogP contribution in [-0.4, -0.2) is 35.1 Å². The van der Waals surface area contributed by atoms with Crippen molar-refractivity contribution in [1.29, 1.82) is 0 Å². The van der Waals surface area contributed by atoms with Crippen molar-refractivity contribution >= 4 is 5.91 Å². The molecule has 1 aromatic carbocycles. The van der Waals surface area contributed by atoms with Gasteiger partial charge in [-0.3, -0.25) is 14.7 Å². The fraction of sp³-hybridized carbons (Fsp3) is 0.368. The summed E-state index contributed by atoms with van der Waals surface area (Å²) in [7, 11) is 0. The van der Waals surface area contributed by atoms with Crippen molar-refractivity contribution in [3.8, 4) is 0 Å². The minimum Gasteiger partial charge on any atom is -0.335 e. The van der Waals surface area contributed by atoms with Gasteiger partial charge in [-0.25, -0.2) is 0 Å². The molecule has 1 fully saturated rings. The molecule has 0 radical (unpaired) electrons. The number of benzene rings is 1. The van der Waals surface area contributed by atoms with Crippen molar-refractivity contribution in [1.82, 2.24) is 15.2 Å². The molecular formula is C19H20F3N3O. The van der Waals surface area contributed by atoms with Gasteiger partial charge in [0.25, 0.3) is 5.91 Å². The zero-order valence-electron chi connectivity index (χ0n) is 14.2. The second kappa shape index (κ2) is 7.86. The molecule has 1 N–H and O–H groups in total. The molecular weight excluding hydrogens is 343 g/mol. The molecule has 1 saturated heterocycles. The number of nitrogens with zero attached hydrogens (tertiary/aromatic N) is 2. The Morgan fingerprint density at radius 2 is 1.81 bits per heavy atom. The minimum atomic E-state index is -4.63. The maximum atomic E-state index is 13.3. The van der Waals surface area contributed by atoms with Gasteiger partial charge in [0.2, 0.25) is 0 Å². The van der Waals surface area contributed by atoms with E-state index in [-0.39, 0.29) is 11.3 Å². The van der Waals surface area contributed by atoms with Gasteiger partial charge in [0.1, 0.15) is 0 Å². The summed E-state index contributed by atoms with van der Waals surface area (Å²) in [4.78, 5) is 18.3. The summed E-state index contributed by atoms with van der Waals surface area (Å²) in [6.07, 6.45) is -0.979. The number of nitrogens with one attached hydrogen (secondary N) is 1. The fourth-order valence-electron chi connectivity index (χ4n) is 3.05. The number of hydrogen-bond donors (Lipinski definition) is 1. The van der Waals surface area contributed by atoms with Crippen LogP contribution in [-0.2, 0) is 6.54 Å². The standard InChI is InChI=1S/C19H20F3N3O/c20-19(21,22)17(16-5-1-2-10-23-16)24-18(26)15-8-6-14(7-9-15)13-25-11-3-4-12-25/h1-2,5-10,17H,3-4,11-13H2,(H,24,26)/t17-/m1/s1. The molecule has 0 bridgehead atoms. The number of carbonyl (C=O) groups is 1. The van der Waals surface area contributed by atoms with Gasteiger partial charge in [-0.2, -0.15) is 13.2 Å². The van der Waals surface area contributed by atoms with E-state index in [2.05, 4.69) is 9.88 Å². The molecule has 0 spiro atoms. The molecule has 0 saturated carbocycles. The van der Waals surface area contributed by atoms with Gasteiger partial charge in [-0.15, -0.1) is 0 Å². The van der Waals surface area contributed by atoms with Crippen molar-refractivity contribution in [2.45, 2.75) is 31.6 Å². The number of pyridine rings is 1. The average Bonchev–Trinajstić information content (AvgIpc) is 3.13. The molecule has 0 unspecified atom stereocenters. The van der Waals surface area contributed by atoms with Crippen LogP contribution in [0.15, 0.2) is 48.7 Å². The molecule has 1 aliphatic heterocycles. The lowest BCUT2D eigenvalue weighted by Crippen LogP contribution is -2.38. The molecule has 26 heavy (non-hydrogen) atoms. The lowest BCUT2D eigenvalue weighted by Gasteiger charge is -2.21. The molecule has 7 heteroatoms. The van der Waals surface area contributed by atoms with E-state index in [9.17, 15) is 18.0 Å². The Kier molecular flexibility index (Phi) is 5.56. The van der Waals surface area contributed by atoms with Crippen LogP contribution in [0.2, 0.25) is 0 Å². The van der Waals surface area contributed by atoms with Gasteiger partial charge in [0, 0.05) is 18.3 Å². The first-order valence-corrected chi connectivity index (χ1v) is 8.53. The number of aromatic nitrogens is 1. The number of rotatable bonds is 5. The monoisotopic (exact) mass is 363 g/mol. The molecule has 1 atom stereocenters. The number of alkyl halides is 3. The van der Waals surface area contributed by atoms with E-state index in [1.807, 2.05) is 5.32 Å². The Morgan fingerprint density at radius 3 is 2.38 bits per heavy atom. The third-order valence-electron chi connectivity index (χ3n) is 4.41. The van der Waals surface area contributed by atoms with E-state index < -0.39 is 18.1 Å². The van der Waals surface area contributed by atoms with Crippen molar-refractivity contribution < 1.29 is 18.0 Å². The SMILES string of the molecule is O=C(N[C@H](c1ccccn1)C(F)(F)F)c1ccc(CN2CCCC2)cc1. The molecule has 4 nitrogen and oxygen atoms in total. The van der Waals surface area contributed by atoms with E-state index in [1.165, 1.54) is 37.2 Å². The van der Waals surface area contributed by atoms with Crippen LogP contribution in [0.4, 0.5) is 13.2 Å². The highest BCUT2D eigenvalue weighted by Crippen LogP contribution is 2.31. The molecule has 1 amide bonds. The first-order chi connectivity index (χ1) is 12.4. The van der Waals surface area contributed by atoms with Crippen LogP contribution in [0.25, 0.3) is 0 Å². The quantitative estimate of drug-likeness (QED) is 0.881. The van der Waals surface area contributed by atoms with Gasteiger partial charge < -0.3 is 5.32 Å². The van der Waals surface area contributed by atoms with Crippen LogP contribution < -0.4 is 5.32 Å². The first-order valence-electron chi connectivity index (χ1n) is 8.53. The maximum Gasteiger partial charge on any atom is 0.414 e. The average molecular weight is 363 g/mol. The van der Waals surface area contributed by atoms with Gasteiger partial charge in [0.15, 0.2) is 6.04 Å². The number of halogens is 3. The second-order valence-electron chi connectivity index (χ2n) is 6.38. The molecule has 138 valence electrons. The third-order valence-corrected chi connectivity index (χ3v) is 4.41. The van der Waals surface area contributed by atoms with Gasteiger partial charge in [-0.05, 0) is 55.8 Å². The Morgan fingerprint density at radius 1 is 1.12 bits per heavy atom. The Balaban J connectivity index is 1.69. The van der Waals surface area contributed by atoms with Crippen molar-refractivity contribution in [3.05, 3.63) is 65.5 Å². The Hall–Kier alpha value is -2.41. The first kappa shape index (κ1) is 18.4. The Labute approximate surface area is 150 Å². The number of likely N-dealkylation sites (tertiary alicyclic amines) is 1. The largest absolute Gasteiger partial charge is 0.414 e. The van der Waals surface area contributed by atoms with Crippen LogP contribution in [0.1, 0.15) is 40.5 Å². The lowest BCUT2D eigenvalue weighted by atomic mass is 10.1. The summed E-state index contributed by atoms with van der Waals surface area (Å²) in [6, 6.07) is 8.79.